The molecule has 0 aromatic heterocycles. The number of hydrogen-bond acceptors (Lipinski definition) is 2. The molecule has 2 aromatic carbocycles. The van der Waals surface area contributed by atoms with E-state index in [1.165, 1.54) is 30.3 Å². The van der Waals surface area contributed by atoms with Gasteiger partial charge in [0.05, 0.1) is 12.0 Å². The third-order valence-electron chi connectivity index (χ3n) is 2.76. The number of aliphatic carboxylic acids is 1. The van der Waals surface area contributed by atoms with Gasteiger partial charge in [-0.1, -0.05) is 23.7 Å². The quantitative estimate of drug-likeness (QED) is 0.877. The fourth-order valence-electron chi connectivity index (χ4n) is 1.80. The molecule has 0 aliphatic rings. The smallest absolute Gasteiger partial charge is 0.416 e. The monoisotopic (exact) mass is 330 g/mol. The van der Waals surface area contributed by atoms with E-state index in [4.69, 9.17) is 21.4 Å². The molecule has 0 aliphatic carbocycles. The minimum absolute atomic E-state index is 0.0521. The Kier molecular flexibility index (Phi) is 4.61. The Morgan fingerprint density at radius 1 is 1.18 bits per heavy atom. The van der Waals surface area contributed by atoms with Gasteiger partial charge in [0, 0.05) is 10.6 Å². The largest absolute Gasteiger partial charge is 0.481 e. The van der Waals surface area contributed by atoms with E-state index >= 15 is 0 Å². The van der Waals surface area contributed by atoms with E-state index in [0.29, 0.717) is 5.56 Å². The van der Waals surface area contributed by atoms with Crippen molar-refractivity contribution in [1.82, 2.24) is 0 Å². The summed E-state index contributed by atoms with van der Waals surface area (Å²) in [5.74, 6) is -1.03. The van der Waals surface area contributed by atoms with Gasteiger partial charge in [-0.3, -0.25) is 4.79 Å². The van der Waals surface area contributed by atoms with Gasteiger partial charge in [-0.2, -0.15) is 13.2 Å². The molecular formula is C15H10ClF3O3. The van der Waals surface area contributed by atoms with Crippen LogP contribution in [0.25, 0.3) is 0 Å². The molecule has 0 atom stereocenters. The van der Waals surface area contributed by atoms with Crippen LogP contribution in [0.4, 0.5) is 13.2 Å². The lowest BCUT2D eigenvalue weighted by molar-refractivity contribution is -0.138. The summed E-state index contributed by atoms with van der Waals surface area (Å²) >= 11 is 5.82. The molecule has 116 valence electrons. The van der Waals surface area contributed by atoms with Crippen molar-refractivity contribution in [1.29, 1.82) is 0 Å². The number of rotatable bonds is 4. The Morgan fingerprint density at radius 3 is 2.55 bits per heavy atom. The Balaban J connectivity index is 2.34. The molecule has 2 rings (SSSR count). The van der Waals surface area contributed by atoms with Gasteiger partial charge in [0.15, 0.2) is 0 Å². The van der Waals surface area contributed by atoms with Crippen LogP contribution in [0.15, 0.2) is 42.5 Å². The first-order chi connectivity index (χ1) is 10.3. The maximum atomic E-state index is 12.7. The molecule has 0 fully saturated rings. The number of carbonyl (C=O) groups is 1. The van der Waals surface area contributed by atoms with E-state index in [0.717, 1.165) is 12.1 Å². The predicted molar refractivity (Wildman–Crippen MR) is 74.3 cm³/mol. The van der Waals surface area contributed by atoms with Crippen LogP contribution >= 0.6 is 11.6 Å². The second-order valence-corrected chi connectivity index (χ2v) is 4.89. The third-order valence-corrected chi connectivity index (χ3v) is 3.00. The lowest BCUT2D eigenvalue weighted by atomic mass is 10.1. The Morgan fingerprint density at radius 2 is 1.91 bits per heavy atom. The normalized spacial score (nSPS) is 11.3. The molecule has 0 radical (unpaired) electrons. The van der Waals surface area contributed by atoms with Gasteiger partial charge >= 0.3 is 12.1 Å². The van der Waals surface area contributed by atoms with E-state index in [-0.39, 0.29) is 22.9 Å². The number of halogens is 4. The van der Waals surface area contributed by atoms with E-state index in [9.17, 15) is 18.0 Å². The molecule has 0 saturated heterocycles. The average molecular weight is 331 g/mol. The van der Waals surface area contributed by atoms with Crippen LogP contribution in [-0.2, 0) is 17.4 Å². The Bertz CT molecular complexity index is 699. The molecule has 7 heteroatoms. The average Bonchev–Trinajstić information content (AvgIpc) is 2.41. The van der Waals surface area contributed by atoms with Crippen LogP contribution < -0.4 is 4.74 Å². The number of benzene rings is 2. The van der Waals surface area contributed by atoms with Gasteiger partial charge in [-0.05, 0) is 30.3 Å². The molecule has 0 aliphatic heterocycles. The summed E-state index contributed by atoms with van der Waals surface area (Å²) in [5.41, 5.74) is -0.541. The first-order valence-corrected chi connectivity index (χ1v) is 6.49. The summed E-state index contributed by atoms with van der Waals surface area (Å²) in [4.78, 5) is 10.8. The van der Waals surface area contributed by atoms with Crippen LogP contribution in [-0.4, -0.2) is 11.1 Å². The van der Waals surface area contributed by atoms with E-state index < -0.39 is 17.7 Å². The van der Waals surface area contributed by atoms with Gasteiger partial charge in [0.25, 0.3) is 0 Å². The van der Waals surface area contributed by atoms with Gasteiger partial charge in [-0.25, -0.2) is 0 Å². The number of ether oxygens (including phenoxy) is 1. The van der Waals surface area contributed by atoms with Crippen LogP contribution in [0.2, 0.25) is 5.02 Å². The fourth-order valence-corrected chi connectivity index (χ4v) is 1.96. The zero-order valence-electron chi connectivity index (χ0n) is 11.0. The van der Waals surface area contributed by atoms with E-state index in [1.807, 2.05) is 0 Å². The standard InChI is InChI=1S/C15H10ClF3O3/c16-11-5-4-9(6-14(20)21)13(8-11)22-12-3-1-2-10(7-12)15(17,18)19/h1-5,7-8H,6H2,(H,20,21). The summed E-state index contributed by atoms with van der Waals surface area (Å²) < 4.78 is 43.4. The second kappa shape index (κ2) is 6.27. The number of hydrogen-bond donors (Lipinski definition) is 1. The Hall–Kier alpha value is -2.21. The molecule has 1 N–H and O–H groups in total. The van der Waals surface area contributed by atoms with Crippen molar-refractivity contribution in [2.24, 2.45) is 0 Å². The topological polar surface area (TPSA) is 46.5 Å². The maximum Gasteiger partial charge on any atom is 0.416 e. The van der Waals surface area contributed by atoms with E-state index in [1.54, 1.807) is 0 Å². The predicted octanol–water partition coefficient (Wildman–Crippen LogP) is 4.78. The van der Waals surface area contributed by atoms with Crippen LogP contribution in [0.1, 0.15) is 11.1 Å². The summed E-state index contributed by atoms with van der Waals surface area (Å²) in [6.07, 6.45) is -4.82. The number of carboxylic acids is 1. The third kappa shape index (κ3) is 4.14. The zero-order chi connectivity index (χ0) is 16.3. The van der Waals surface area contributed by atoms with Gasteiger partial charge in [0.1, 0.15) is 11.5 Å². The first kappa shape index (κ1) is 16.2. The minimum atomic E-state index is -4.49. The number of carboxylic acid groups (broad SMARTS) is 1. The van der Waals surface area contributed by atoms with E-state index in [2.05, 4.69) is 0 Å². The van der Waals surface area contributed by atoms with Crippen molar-refractivity contribution in [2.45, 2.75) is 12.6 Å². The van der Waals surface area contributed by atoms with Gasteiger partial charge < -0.3 is 9.84 Å². The van der Waals surface area contributed by atoms with Crippen LogP contribution in [0, 0.1) is 0 Å². The molecule has 22 heavy (non-hydrogen) atoms. The summed E-state index contributed by atoms with van der Waals surface area (Å²) in [7, 11) is 0. The van der Waals surface area contributed by atoms with Crippen molar-refractivity contribution >= 4 is 17.6 Å². The van der Waals surface area contributed by atoms with Crippen LogP contribution in [0.5, 0.6) is 11.5 Å². The minimum Gasteiger partial charge on any atom is -0.481 e. The molecule has 3 nitrogen and oxygen atoms in total. The molecule has 0 unspecified atom stereocenters. The van der Waals surface area contributed by atoms with Crippen LogP contribution in [0.3, 0.4) is 0 Å². The summed E-state index contributed by atoms with van der Waals surface area (Å²) in [5, 5.41) is 9.13. The molecule has 0 amide bonds. The van der Waals surface area contributed by atoms with Crippen molar-refractivity contribution in [3.63, 3.8) is 0 Å². The molecule has 2 aromatic rings. The highest BCUT2D eigenvalue weighted by molar-refractivity contribution is 6.30. The van der Waals surface area contributed by atoms with Crippen molar-refractivity contribution in [3.8, 4) is 11.5 Å². The molecular weight excluding hydrogens is 321 g/mol. The summed E-state index contributed by atoms with van der Waals surface area (Å²) in [6.45, 7) is 0. The first-order valence-electron chi connectivity index (χ1n) is 6.11. The van der Waals surface area contributed by atoms with Crippen molar-refractivity contribution in [3.05, 3.63) is 58.6 Å². The second-order valence-electron chi connectivity index (χ2n) is 4.45. The van der Waals surface area contributed by atoms with Gasteiger partial charge in [0.2, 0.25) is 0 Å². The highest BCUT2D eigenvalue weighted by Gasteiger charge is 2.30. The lowest BCUT2D eigenvalue weighted by Gasteiger charge is -2.12. The molecule has 0 bridgehead atoms. The highest BCUT2D eigenvalue weighted by Crippen LogP contribution is 2.34. The molecule has 0 saturated carbocycles. The highest BCUT2D eigenvalue weighted by atomic mass is 35.5. The molecule has 0 spiro atoms. The van der Waals surface area contributed by atoms with Crippen molar-refractivity contribution in [2.75, 3.05) is 0 Å². The summed E-state index contributed by atoms with van der Waals surface area (Å²) in [6, 6.07) is 8.62. The zero-order valence-corrected chi connectivity index (χ0v) is 11.8. The maximum absolute atomic E-state index is 12.7. The number of alkyl halides is 3. The van der Waals surface area contributed by atoms with Crippen molar-refractivity contribution < 1.29 is 27.8 Å². The van der Waals surface area contributed by atoms with Gasteiger partial charge in [-0.15, -0.1) is 0 Å². The lowest BCUT2D eigenvalue weighted by Crippen LogP contribution is -2.05. The molecule has 0 heterocycles. The Labute approximate surface area is 128 Å². The fraction of sp³-hybridized carbons (Fsp3) is 0.133. The SMILES string of the molecule is O=C(O)Cc1ccc(Cl)cc1Oc1cccc(C(F)(F)F)c1.